The maximum Gasteiger partial charge on any atom is 0.296 e. The number of thiocarbonyl (C=S) groups is 1. The van der Waals surface area contributed by atoms with Crippen molar-refractivity contribution in [2.75, 3.05) is 12.4 Å². The molecule has 3 N–H and O–H groups in total. The third kappa shape index (κ3) is 6.85. The first kappa shape index (κ1) is 24.4. The van der Waals surface area contributed by atoms with E-state index in [4.69, 9.17) is 51.8 Å². The van der Waals surface area contributed by atoms with Crippen LogP contribution in [0.4, 0.5) is 11.4 Å². The van der Waals surface area contributed by atoms with Gasteiger partial charge in [-0.3, -0.25) is 14.9 Å². The van der Waals surface area contributed by atoms with Crippen LogP contribution in [-0.2, 0) is 0 Å². The molecule has 160 valence electrons. The molecule has 30 heavy (non-hydrogen) atoms. The third-order valence-electron chi connectivity index (χ3n) is 3.63. The summed E-state index contributed by atoms with van der Waals surface area (Å²) in [6.07, 6.45) is -1.24. The van der Waals surface area contributed by atoms with Crippen molar-refractivity contribution in [2.45, 2.75) is 9.96 Å². The Bertz CT molecular complexity index is 957. The highest BCUT2D eigenvalue weighted by Crippen LogP contribution is 2.31. The number of carbonyl (C=O) groups is 1. The highest BCUT2D eigenvalue weighted by Gasteiger charge is 2.35. The molecule has 0 aliphatic heterocycles. The summed E-state index contributed by atoms with van der Waals surface area (Å²) in [4.78, 5) is 23.2. The van der Waals surface area contributed by atoms with Crippen molar-refractivity contribution < 1.29 is 14.5 Å². The summed E-state index contributed by atoms with van der Waals surface area (Å²) in [6, 6.07) is 10.7. The van der Waals surface area contributed by atoms with Crippen LogP contribution >= 0.6 is 63.0 Å². The van der Waals surface area contributed by atoms with E-state index in [2.05, 4.69) is 31.9 Å². The van der Waals surface area contributed by atoms with Gasteiger partial charge < -0.3 is 20.7 Å². The molecule has 1 atom stereocenters. The Morgan fingerprint density at radius 1 is 1.20 bits per heavy atom. The second kappa shape index (κ2) is 10.5. The van der Waals surface area contributed by atoms with Crippen molar-refractivity contribution in [3.05, 3.63) is 62.6 Å². The molecule has 0 aromatic heterocycles. The number of benzene rings is 2. The van der Waals surface area contributed by atoms with Crippen LogP contribution in [0.25, 0.3) is 0 Å². The first-order chi connectivity index (χ1) is 14.0. The number of ether oxygens (including phenoxy) is 1. The van der Waals surface area contributed by atoms with Crippen LogP contribution in [0, 0.1) is 10.1 Å². The number of alkyl halides is 3. The molecule has 8 nitrogen and oxygen atoms in total. The molecule has 0 radical (unpaired) electrons. The highest BCUT2D eigenvalue weighted by molar-refractivity contribution is 9.10. The summed E-state index contributed by atoms with van der Waals surface area (Å²) in [5.74, 6) is -0.225. The van der Waals surface area contributed by atoms with Crippen LogP contribution in [-0.4, -0.2) is 33.0 Å². The molecule has 2 aromatic rings. The lowest BCUT2D eigenvalue weighted by molar-refractivity contribution is -0.384. The van der Waals surface area contributed by atoms with Gasteiger partial charge in [-0.05, 0) is 48.6 Å². The molecular formula is C17H14BrCl3N4O4S. The second-order valence-electron chi connectivity index (χ2n) is 5.69. The van der Waals surface area contributed by atoms with Gasteiger partial charge in [-0.2, -0.15) is 0 Å². The Labute approximate surface area is 200 Å². The molecule has 2 aromatic carbocycles. The molecule has 0 aliphatic rings. The van der Waals surface area contributed by atoms with E-state index in [1.165, 1.54) is 25.3 Å². The topological polar surface area (TPSA) is 106 Å². The third-order valence-corrected chi connectivity index (χ3v) is 5.04. The number of rotatable bonds is 6. The monoisotopic (exact) mass is 554 g/mol. The molecule has 0 heterocycles. The summed E-state index contributed by atoms with van der Waals surface area (Å²) < 4.78 is 3.79. The zero-order chi connectivity index (χ0) is 22.5. The Morgan fingerprint density at radius 3 is 2.37 bits per heavy atom. The van der Waals surface area contributed by atoms with Crippen molar-refractivity contribution in [2.24, 2.45) is 0 Å². The largest absolute Gasteiger partial charge is 0.496 e. The number of nitro groups is 1. The summed E-state index contributed by atoms with van der Waals surface area (Å²) in [5, 5.41) is 19.0. The van der Waals surface area contributed by atoms with Gasteiger partial charge in [0.1, 0.15) is 17.6 Å². The van der Waals surface area contributed by atoms with Crippen LogP contribution in [0.3, 0.4) is 0 Å². The fourth-order valence-electron chi connectivity index (χ4n) is 2.20. The van der Waals surface area contributed by atoms with Crippen molar-refractivity contribution in [1.82, 2.24) is 10.6 Å². The number of carbonyl (C=O) groups excluding carboxylic acids is 1. The van der Waals surface area contributed by atoms with Crippen molar-refractivity contribution in [3.8, 4) is 5.75 Å². The molecule has 0 fully saturated rings. The lowest BCUT2D eigenvalue weighted by atomic mass is 10.2. The molecule has 2 rings (SSSR count). The van der Waals surface area contributed by atoms with Gasteiger partial charge in [0.15, 0.2) is 5.11 Å². The Morgan fingerprint density at radius 2 is 1.83 bits per heavy atom. The normalized spacial score (nSPS) is 11.9. The van der Waals surface area contributed by atoms with E-state index in [-0.39, 0.29) is 16.5 Å². The van der Waals surface area contributed by atoms with Gasteiger partial charge in [0, 0.05) is 10.0 Å². The van der Waals surface area contributed by atoms with E-state index in [1.54, 1.807) is 24.3 Å². The lowest BCUT2D eigenvalue weighted by Gasteiger charge is -2.27. The minimum absolute atomic E-state index is 0.0839. The number of hydrogen-bond acceptors (Lipinski definition) is 5. The van der Waals surface area contributed by atoms with Gasteiger partial charge in [-0.25, -0.2) is 0 Å². The SMILES string of the molecule is COc1ccc(NC(=S)N[C@H](NC(=O)c2ccc(Br)cc2)C(Cl)(Cl)Cl)c([N+](=O)[O-])c1. The molecule has 0 aliphatic carbocycles. The van der Waals surface area contributed by atoms with Gasteiger partial charge in [0.25, 0.3) is 11.6 Å². The Hall–Kier alpha value is -1.85. The number of halogens is 4. The van der Waals surface area contributed by atoms with Gasteiger partial charge >= 0.3 is 0 Å². The number of nitrogens with zero attached hydrogens (tertiary/aromatic N) is 1. The molecule has 0 saturated carbocycles. The smallest absolute Gasteiger partial charge is 0.296 e. The summed E-state index contributed by atoms with van der Waals surface area (Å²) in [6.45, 7) is 0. The standard InChI is InChI=1S/C17H14BrCl3N4O4S/c1-29-11-6-7-12(13(8-11)25(27)28)22-16(30)24-15(17(19,20)21)23-14(26)9-2-4-10(18)5-3-9/h2-8,15H,1H3,(H,23,26)(H2,22,24,30)/t15-/m0/s1. The summed E-state index contributed by atoms with van der Waals surface area (Å²) in [5.41, 5.74) is 0.132. The molecule has 13 heteroatoms. The van der Waals surface area contributed by atoms with E-state index in [0.717, 1.165) is 4.47 Å². The minimum atomic E-state index is -1.98. The van der Waals surface area contributed by atoms with E-state index in [1.807, 2.05) is 0 Å². The molecule has 1 amide bonds. The van der Waals surface area contributed by atoms with Crippen LogP contribution in [0.15, 0.2) is 46.9 Å². The van der Waals surface area contributed by atoms with Crippen molar-refractivity contribution in [1.29, 1.82) is 0 Å². The van der Waals surface area contributed by atoms with E-state index in [9.17, 15) is 14.9 Å². The molecule has 0 saturated heterocycles. The second-order valence-corrected chi connectivity index (χ2v) is 9.39. The number of methoxy groups -OCH3 is 1. The average molecular weight is 557 g/mol. The zero-order valence-electron chi connectivity index (χ0n) is 15.1. The fraction of sp³-hybridized carbons (Fsp3) is 0.176. The number of nitro benzene ring substituents is 1. The predicted molar refractivity (Wildman–Crippen MR) is 125 cm³/mol. The maximum absolute atomic E-state index is 12.5. The van der Waals surface area contributed by atoms with E-state index in [0.29, 0.717) is 11.3 Å². The number of anilines is 1. The molecule has 0 unspecified atom stereocenters. The predicted octanol–water partition coefficient (Wildman–Crippen LogP) is 4.78. The summed E-state index contributed by atoms with van der Waals surface area (Å²) >= 11 is 26.3. The number of nitrogens with one attached hydrogen (secondary N) is 3. The fourth-order valence-corrected chi connectivity index (χ4v) is 3.02. The van der Waals surface area contributed by atoms with Crippen LogP contribution in [0.1, 0.15) is 10.4 Å². The quantitative estimate of drug-likeness (QED) is 0.155. The zero-order valence-corrected chi connectivity index (χ0v) is 19.8. The van der Waals surface area contributed by atoms with Crippen molar-refractivity contribution in [3.63, 3.8) is 0 Å². The van der Waals surface area contributed by atoms with Gasteiger partial charge in [0.2, 0.25) is 3.79 Å². The maximum atomic E-state index is 12.5. The first-order valence-electron chi connectivity index (χ1n) is 8.04. The van der Waals surface area contributed by atoms with Gasteiger partial charge in [0.05, 0.1) is 18.1 Å². The molecule has 0 bridgehead atoms. The Kier molecular flexibility index (Phi) is 8.51. The molecule has 0 spiro atoms. The van der Waals surface area contributed by atoms with E-state index >= 15 is 0 Å². The Balaban J connectivity index is 2.15. The number of amides is 1. The minimum Gasteiger partial charge on any atom is -0.496 e. The van der Waals surface area contributed by atoms with Crippen LogP contribution < -0.4 is 20.7 Å². The van der Waals surface area contributed by atoms with E-state index < -0.39 is 20.8 Å². The van der Waals surface area contributed by atoms with Crippen LogP contribution in [0.2, 0.25) is 0 Å². The van der Waals surface area contributed by atoms with Gasteiger partial charge in [-0.1, -0.05) is 50.7 Å². The number of hydrogen-bond donors (Lipinski definition) is 3. The average Bonchev–Trinajstić information content (AvgIpc) is 2.67. The molecular weight excluding hydrogens is 543 g/mol. The van der Waals surface area contributed by atoms with Gasteiger partial charge in [-0.15, -0.1) is 0 Å². The first-order valence-corrected chi connectivity index (χ1v) is 10.4. The lowest BCUT2D eigenvalue weighted by Crippen LogP contribution is -2.56. The highest BCUT2D eigenvalue weighted by atomic mass is 79.9. The van der Waals surface area contributed by atoms with Crippen molar-refractivity contribution >= 4 is 85.3 Å². The van der Waals surface area contributed by atoms with Crippen LogP contribution in [0.5, 0.6) is 5.75 Å². The summed E-state index contributed by atoms with van der Waals surface area (Å²) in [7, 11) is 1.39.